The molecule has 0 unspecified atom stereocenters. The topological polar surface area (TPSA) is 90.9 Å². The van der Waals surface area contributed by atoms with Gasteiger partial charge in [-0.25, -0.2) is 4.79 Å². The van der Waals surface area contributed by atoms with Crippen molar-refractivity contribution in [3.8, 4) is 44.6 Å². The van der Waals surface area contributed by atoms with Gasteiger partial charge < -0.3 is 29.6 Å². The van der Waals surface area contributed by atoms with E-state index in [9.17, 15) is 4.79 Å². The summed E-state index contributed by atoms with van der Waals surface area (Å²) in [7, 11) is 6.31. The van der Waals surface area contributed by atoms with Gasteiger partial charge in [-0.05, 0) is 47.3 Å². The minimum absolute atomic E-state index is 0.285. The van der Waals surface area contributed by atoms with Crippen LogP contribution in [0.25, 0.3) is 21.6 Å². The highest BCUT2D eigenvalue weighted by atomic mass is 32.1. The summed E-state index contributed by atoms with van der Waals surface area (Å²) in [6, 6.07) is 9.12. The zero-order valence-corrected chi connectivity index (χ0v) is 20.5. The molecule has 0 aliphatic rings. The average molecular weight is 472 g/mol. The highest BCUT2D eigenvalue weighted by molar-refractivity contribution is 7.10. The van der Waals surface area contributed by atoms with Gasteiger partial charge in [-0.15, -0.1) is 0 Å². The van der Waals surface area contributed by atoms with E-state index in [1.807, 2.05) is 44.2 Å². The molecule has 2 N–H and O–H groups in total. The number of aromatic nitrogens is 1. The number of rotatable bonds is 9. The summed E-state index contributed by atoms with van der Waals surface area (Å²) < 4.78 is 26.3. The molecule has 3 aromatic rings. The Hall–Kier alpha value is -3.46. The standard InChI is InChI=1S/C24H29N3O5S/c1-14(2)12-25-24(28)27-18-9-15(7-8-19(18)29-3)17-13-26-33-23(17)16-10-20(30-4)22(32-6)21(11-16)31-5/h7-11,13-14H,12H2,1-6H3,(H2,25,27,28). The molecule has 0 spiro atoms. The number of benzene rings is 2. The van der Waals surface area contributed by atoms with E-state index in [0.29, 0.717) is 41.1 Å². The van der Waals surface area contributed by atoms with Crippen molar-refractivity contribution in [3.63, 3.8) is 0 Å². The Balaban J connectivity index is 2.00. The van der Waals surface area contributed by atoms with Gasteiger partial charge in [0.15, 0.2) is 11.5 Å². The molecule has 0 aliphatic heterocycles. The SMILES string of the molecule is COc1ccc(-c2cnsc2-c2cc(OC)c(OC)c(OC)c2)cc1NC(=O)NCC(C)C. The molecule has 0 atom stereocenters. The van der Waals surface area contributed by atoms with Crippen LogP contribution in [0.1, 0.15) is 13.8 Å². The van der Waals surface area contributed by atoms with Crippen LogP contribution in [0.4, 0.5) is 10.5 Å². The molecule has 0 bridgehead atoms. The Labute approximate surface area is 198 Å². The summed E-state index contributed by atoms with van der Waals surface area (Å²) in [6.07, 6.45) is 1.80. The fourth-order valence-corrected chi connectivity index (χ4v) is 4.06. The lowest BCUT2D eigenvalue weighted by Gasteiger charge is -2.15. The number of hydrogen-bond acceptors (Lipinski definition) is 7. The fourth-order valence-electron chi connectivity index (χ4n) is 3.30. The fraction of sp³-hybridized carbons (Fsp3) is 0.333. The van der Waals surface area contributed by atoms with Gasteiger partial charge >= 0.3 is 6.03 Å². The van der Waals surface area contributed by atoms with Gasteiger partial charge in [0.25, 0.3) is 0 Å². The lowest BCUT2D eigenvalue weighted by Crippen LogP contribution is -2.31. The van der Waals surface area contributed by atoms with Gasteiger partial charge in [0, 0.05) is 23.9 Å². The minimum Gasteiger partial charge on any atom is -0.495 e. The number of urea groups is 1. The first kappa shape index (κ1) is 24.2. The number of ether oxygens (including phenoxy) is 4. The monoisotopic (exact) mass is 471 g/mol. The highest BCUT2D eigenvalue weighted by Crippen LogP contribution is 2.45. The average Bonchev–Trinajstić information content (AvgIpc) is 3.31. The van der Waals surface area contributed by atoms with Crippen LogP contribution in [0.2, 0.25) is 0 Å². The van der Waals surface area contributed by atoms with Crippen LogP contribution in [0, 0.1) is 5.92 Å². The Bertz CT molecular complexity index is 1090. The molecule has 8 nitrogen and oxygen atoms in total. The summed E-state index contributed by atoms with van der Waals surface area (Å²) in [6.45, 7) is 4.65. The maximum absolute atomic E-state index is 12.3. The lowest BCUT2D eigenvalue weighted by atomic mass is 10.0. The van der Waals surface area contributed by atoms with E-state index in [4.69, 9.17) is 18.9 Å². The van der Waals surface area contributed by atoms with Crippen LogP contribution in [0.3, 0.4) is 0 Å². The van der Waals surface area contributed by atoms with Crippen LogP contribution >= 0.6 is 11.5 Å². The van der Waals surface area contributed by atoms with E-state index in [1.165, 1.54) is 11.5 Å². The van der Waals surface area contributed by atoms with Crippen LogP contribution in [-0.4, -0.2) is 45.4 Å². The molecule has 0 fully saturated rings. The van der Waals surface area contributed by atoms with Gasteiger partial charge in [-0.2, -0.15) is 4.37 Å². The van der Waals surface area contributed by atoms with E-state index in [-0.39, 0.29) is 6.03 Å². The normalized spacial score (nSPS) is 10.6. The third kappa shape index (κ3) is 5.48. The molecule has 0 aliphatic carbocycles. The van der Waals surface area contributed by atoms with E-state index in [2.05, 4.69) is 15.0 Å². The van der Waals surface area contributed by atoms with Crippen molar-refractivity contribution in [2.45, 2.75) is 13.8 Å². The maximum Gasteiger partial charge on any atom is 0.319 e. The summed E-state index contributed by atoms with van der Waals surface area (Å²) in [4.78, 5) is 13.3. The van der Waals surface area contributed by atoms with Gasteiger partial charge in [0.05, 0.1) is 39.0 Å². The first-order chi connectivity index (χ1) is 15.9. The van der Waals surface area contributed by atoms with Gasteiger partial charge in [0.2, 0.25) is 5.75 Å². The molecule has 9 heteroatoms. The summed E-state index contributed by atoms with van der Waals surface area (Å²) in [5.74, 6) is 2.56. The second kappa shape index (κ2) is 10.9. The molecular weight excluding hydrogens is 442 g/mol. The Kier molecular flexibility index (Phi) is 8.00. The number of hydrogen-bond donors (Lipinski definition) is 2. The van der Waals surface area contributed by atoms with Gasteiger partial charge in [-0.1, -0.05) is 19.9 Å². The van der Waals surface area contributed by atoms with Crippen molar-refractivity contribution in [1.29, 1.82) is 0 Å². The van der Waals surface area contributed by atoms with E-state index >= 15 is 0 Å². The Morgan fingerprint density at radius 2 is 1.61 bits per heavy atom. The number of carbonyl (C=O) groups is 1. The smallest absolute Gasteiger partial charge is 0.319 e. The van der Waals surface area contributed by atoms with Crippen molar-refractivity contribution in [2.75, 3.05) is 40.3 Å². The van der Waals surface area contributed by atoms with Crippen molar-refractivity contribution in [2.24, 2.45) is 5.92 Å². The number of carbonyl (C=O) groups excluding carboxylic acids is 1. The maximum atomic E-state index is 12.3. The molecule has 1 aromatic heterocycles. The van der Waals surface area contributed by atoms with Crippen molar-refractivity contribution < 1.29 is 23.7 Å². The predicted octanol–water partition coefficient (Wildman–Crippen LogP) is 5.29. The second-order valence-electron chi connectivity index (χ2n) is 7.63. The quantitative estimate of drug-likeness (QED) is 0.441. The molecular formula is C24H29N3O5S. The first-order valence-electron chi connectivity index (χ1n) is 10.4. The van der Waals surface area contributed by atoms with Crippen molar-refractivity contribution in [1.82, 2.24) is 9.69 Å². The van der Waals surface area contributed by atoms with Crippen LogP contribution in [0.15, 0.2) is 36.5 Å². The number of nitrogens with zero attached hydrogens (tertiary/aromatic N) is 1. The predicted molar refractivity (Wildman–Crippen MR) is 131 cm³/mol. The minimum atomic E-state index is -0.285. The van der Waals surface area contributed by atoms with Crippen LogP contribution in [0.5, 0.6) is 23.0 Å². The van der Waals surface area contributed by atoms with Crippen LogP contribution in [-0.2, 0) is 0 Å². The second-order valence-corrected chi connectivity index (χ2v) is 8.43. The number of nitrogens with one attached hydrogen (secondary N) is 2. The summed E-state index contributed by atoms with van der Waals surface area (Å²) in [5.41, 5.74) is 3.23. The molecule has 3 rings (SSSR count). The Morgan fingerprint density at radius 1 is 0.939 bits per heavy atom. The summed E-state index contributed by atoms with van der Waals surface area (Å²) >= 11 is 1.36. The first-order valence-corrected chi connectivity index (χ1v) is 11.2. The van der Waals surface area contributed by atoms with E-state index < -0.39 is 0 Å². The molecule has 2 amide bonds. The zero-order chi connectivity index (χ0) is 24.0. The molecule has 2 aromatic carbocycles. The van der Waals surface area contributed by atoms with Gasteiger partial charge in [0.1, 0.15) is 5.75 Å². The van der Waals surface area contributed by atoms with Crippen molar-refractivity contribution in [3.05, 3.63) is 36.5 Å². The van der Waals surface area contributed by atoms with E-state index in [0.717, 1.165) is 21.6 Å². The number of amides is 2. The number of methoxy groups -OCH3 is 4. The van der Waals surface area contributed by atoms with Crippen molar-refractivity contribution >= 4 is 23.3 Å². The highest BCUT2D eigenvalue weighted by Gasteiger charge is 2.19. The molecule has 33 heavy (non-hydrogen) atoms. The third-order valence-corrected chi connectivity index (χ3v) is 5.78. The third-order valence-electron chi connectivity index (χ3n) is 4.93. The molecule has 0 saturated heterocycles. The zero-order valence-electron chi connectivity index (χ0n) is 19.6. The molecule has 1 heterocycles. The molecule has 0 saturated carbocycles. The Morgan fingerprint density at radius 3 is 2.18 bits per heavy atom. The number of anilines is 1. The largest absolute Gasteiger partial charge is 0.495 e. The molecule has 0 radical (unpaired) electrons. The van der Waals surface area contributed by atoms with Gasteiger partial charge in [-0.3, -0.25) is 0 Å². The summed E-state index contributed by atoms with van der Waals surface area (Å²) in [5, 5.41) is 5.74. The van der Waals surface area contributed by atoms with E-state index in [1.54, 1.807) is 34.6 Å². The van der Waals surface area contributed by atoms with Crippen LogP contribution < -0.4 is 29.6 Å². The lowest BCUT2D eigenvalue weighted by molar-refractivity contribution is 0.250. The molecule has 176 valence electrons.